The number of hydrogen-bond donors (Lipinski definition) is 1. The van der Waals surface area contributed by atoms with Gasteiger partial charge in [0.15, 0.2) is 0 Å². The van der Waals surface area contributed by atoms with Gasteiger partial charge < -0.3 is 0 Å². The molecule has 1 saturated carbocycles. The van der Waals surface area contributed by atoms with Gasteiger partial charge in [0.05, 0.1) is 0 Å². The summed E-state index contributed by atoms with van der Waals surface area (Å²) in [5.41, 5.74) is 0.0620. The summed E-state index contributed by atoms with van der Waals surface area (Å²) in [4.78, 5) is 4.09. The fraction of sp³-hybridized carbons (Fsp3) is 0.583. The lowest BCUT2D eigenvalue weighted by Gasteiger charge is -2.26. The van der Waals surface area contributed by atoms with E-state index in [1.807, 2.05) is 0 Å². The number of sulfonamides is 1. The van der Waals surface area contributed by atoms with Crippen molar-refractivity contribution >= 4 is 41.9 Å². The maximum atomic E-state index is 12.2. The molecule has 1 aromatic rings. The number of nitrogens with one attached hydrogen (secondary N) is 1. The highest BCUT2D eigenvalue weighted by Gasteiger charge is 2.34. The quantitative estimate of drug-likeness (QED) is 0.757. The maximum absolute atomic E-state index is 12.2. The first-order valence-electron chi connectivity index (χ1n) is 6.14. The van der Waals surface area contributed by atoms with Crippen molar-refractivity contribution in [3.63, 3.8) is 0 Å². The van der Waals surface area contributed by atoms with E-state index in [-0.39, 0.29) is 10.3 Å². The molecule has 0 atom stereocenters. The number of nitrogens with zero attached hydrogens (tertiary/aromatic N) is 1. The van der Waals surface area contributed by atoms with Crippen molar-refractivity contribution in [1.82, 2.24) is 9.71 Å². The van der Waals surface area contributed by atoms with Crippen molar-refractivity contribution < 1.29 is 8.42 Å². The van der Waals surface area contributed by atoms with E-state index < -0.39 is 10.0 Å². The van der Waals surface area contributed by atoms with Gasteiger partial charge in [-0.3, -0.25) is 4.98 Å². The molecule has 1 N–H and O–H groups in total. The third kappa shape index (κ3) is 3.77. The molecular formula is C12H16Br2N2O2S. The van der Waals surface area contributed by atoms with E-state index in [2.05, 4.69) is 41.6 Å². The summed E-state index contributed by atoms with van der Waals surface area (Å²) >= 11 is 6.75. The summed E-state index contributed by atoms with van der Waals surface area (Å²) in [7, 11) is -3.48. The van der Waals surface area contributed by atoms with Gasteiger partial charge in [-0.25, -0.2) is 13.1 Å². The van der Waals surface area contributed by atoms with Crippen LogP contribution in [-0.2, 0) is 10.0 Å². The zero-order valence-electron chi connectivity index (χ0n) is 10.4. The van der Waals surface area contributed by atoms with Crippen molar-refractivity contribution in [2.24, 2.45) is 5.41 Å². The number of rotatable bonds is 5. The second-order valence-corrected chi connectivity index (χ2v) is 8.25. The molecule has 0 spiro atoms. The Morgan fingerprint density at radius 2 is 2.00 bits per heavy atom. The number of pyridine rings is 1. The van der Waals surface area contributed by atoms with Gasteiger partial charge in [0.1, 0.15) is 4.90 Å². The van der Waals surface area contributed by atoms with Crippen LogP contribution < -0.4 is 4.72 Å². The highest BCUT2D eigenvalue weighted by Crippen LogP contribution is 2.39. The van der Waals surface area contributed by atoms with Crippen LogP contribution in [0.15, 0.2) is 27.8 Å². The molecule has 7 heteroatoms. The lowest BCUT2D eigenvalue weighted by molar-refractivity contribution is 0.347. The molecule has 0 bridgehead atoms. The van der Waals surface area contributed by atoms with Crippen LogP contribution in [0.1, 0.15) is 25.7 Å². The van der Waals surface area contributed by atoms with Crippen LogP contribution in [0.5, 0.6) is 0 Å². The molecule has 1 aliphatic carbocycles. The highest BCUT2D eigenvalue weighted by atomic mass is 79.9. The molecular weight excluding hydrogens is 396 g/mol. The Balaban J connectivity index is 2.09. The van der Waals surface area contributed by atoms with E-state index in [0.717, 1.165) is 18.2 Å². The molecule has 2 rings (SSSR count). The number of aromatic nitrogens is 1. The van der Waals surface area contributed by atoms with E-state index in [4.69, 9.17) is 0 Å². The van der Waals surface area contributed by atoms with E-state index in [1.54, 1.807) is 12.3 Å². The second-order valence-electron chi connectivity index (χ2n) is 5.00. The predicted octanol–water partition coefficient (Wildman–Crippen LogP) is 3.08. The minimum absolute atomic E-state index is 0.0620. The zero-order chi connectivity index (χ0) is 13.9. The van der Waals surface area contributed by atoms with Gasteiger partial charge in [0.25, 0.3) is 0 Å². The smallest absolute Gasteiger partial charge is 0.242 e. The standard InChI is InChI=1S/C12H16Br2N2O2S/c13-8-12(3-1-2-4-12)9-16-19(17,18)11-5-10(14)6-15-7-11/h5-7,16H,1-4,8-9H2. The molecule has 0 aliphatic heterocycles. The number of hydrogen-bond acceptors (Lipinski definition) is 3. The van der Waals surface area contributed by atoms with Gasteiger partial charge in [0, 0.05) is 28.7 Å². The lowest BCUT2D eigenvalue weighted by atomic mass is 9.89. The van der Waals surface area contributed by atoms with Gasteiger partial charge in [-0.2, -0.15) is 0 Å². The minimum Gasteiger partial charge on any atom is -0.262 e. The molecule has 1 fully saturated rings. The monoisotopic (exact) mass is 410 g/mol. The van der Waals surface area contributed by atoms with Crippen LogP contribution in [0.2, 0.25) is 0 Å². The zero-order valence-corrected chi connectivity index (χ0v) is 14.4. The SMILES string of the molecule is O=S(=O)(NCC1(CBr)CCCC1)c1cncc(Br)c1. The molecule has 1 aromatic heterocycles. The van der Waals surface area contributed by atoms with Gasteiger partial charge in [-0.15, -0.1) is 0 Å². The van der Waals surface area contributed by atoms with Crippen LogP contribution in [0.4, 0.5) is 0 Å². The van der Waals surface area contributed by atoms with Crippen molar-refractivity contribution in [3.05, 3.63) is 22.9 Å². The molecule has 19 heavy (non-hydrogen) atoms. The van der Waals surface area contributed by atoms with Crippen LogP contribution in [0.25, 0.3) is 0 Å². The van der Waals surface area contributed by atoms with Crippen LogP contribution in [0, 0.1) is 5.41 Å². The Labute approximate surface area is 130 Å². The van der Waals surface area contributed by atoms with Crippen LogP contribution >= 0.6 is 31.9 Å². The third-order valence-electron chi connectivity index (χ3n) is 3.57. The minimum atomic E-state index is -3.48. The topological polar surface area (TPSA) is 59.1 Å². The number of halogens is 2. The third-order valence-corrected chi connectivity index (χ3v) is 6.57. The molecule has 106 valence electrons. The van der Waals surface area contributed by atoms with E-state index in [0.29, 0.717) is 11.0 Å². The van der Waals surface area contributed by atoms with E-state index in [1.165, 1.54) is 19.0 Å². The summed E-state index contributed by atoms with van der Waals surface area (Å²) in [6.45, 7) is 0.479. The van der Waals surface area contributed by atoms with Gasteiger partial charge >= 0.3 is 0 Å². The lowest BCUT2D eigenvalue weighted by Crippen LogP contribution is -2.37. The van der Waals surface area contributed by atoms with E-state index >= 15 is 0 Å². The van der Waals surface area contributed by atoms with Crippen LogP contribution in [0.3, 0.4) is 0 Å². The molecule has 0 saturated heterocycles. The molecule has 0 aromatic carbocycles. The highest BCUT2D eigenvalue weighted by molar-refractivity contribution is 9.10. The van der Waals surface area contributed by atoms with Crippen molar-refractivity contribution in [2.45, 2.75) is 30.6 Å². The number of alkyl halides is 1. The Hall–Kier alpha value is 0.0200. The maximum Gasteiger partial charge on any atom is 0.242 e. The molecule has 1 heterocycles. The Morgan fingerprint density at radius 1 is 1.32 bits per heavy atom. The van der Waals surface area contributed by atoms with Crippen LogP contribution in [-0.4, -0.2) is 25.3 Å². The van der Waals surface area contributed by atoms with Gasteiger partial charge in [-0.05, 0) is 40.3 Å². The molecule has 0 unspecified atom stereocenters. The first-order valence-corrected chi connectivity index (χ1v) is 9.53. The second kappa shape index (κ2) is 6.20. The van der Waals surface area contributed by atoms with Gasteiger partial charge in [-0.1, -0.05) is 28.8 Å². The van der Waals surface area contributed by atoms with Crippen molar-refractivity contribution in [3.8, 4) is 0 Å². The fourth-order valence-electron chi connectivity index (χ4n) is 2.35. The molecule has 0 amide bonds. The normalized spacial score (nSPS) is 18.6. The van der Waals surface area contributed by atoms with Crippen molar-refractivity contribution in [2.75, 3.05) is 11.9 Å². The summed E-state index contributed by atoms with van der Waals surface area (Å²) in [5, 5.41) is 0.833. The Bertz CT molecular complexity index is 542. The van der Waals surface area contributed by atoms with Crippen molar-refractivity contribution in [1.29, 1.82) is 0 Å². The largest absolute Gasteiger partial charge is 0.262 e. The Kier molecular flexibility index (Phi) is 5.03. The molecule has 1 aliphatic rings. The first-order chi connectivity index (χ1) is 8.97. The molecule has 0 radical (unpaired) electrons. The summed E-state index contributed by atoms with van der Waals surface area (Å²) < 4.78 is 27.8. The van der Waals surface area contributed by atoms with E-state index in [9.17, 15) is 8.42 Å². The summed E-state index contributed by atoms with van der Waals surface area (Å²) in [6.07, 6.45) is 7.41. The van der Waals surface area contributed by atoms with Gasteiger partial charge in [0.2, 0.25) is 10.0 Å². The first kappa shape index (κ1) is 15.4. The average molecular weight is 412 g/mol. The summed E-state index contributed by atoms with van der Waals surface area (Å²) in [6, 6.07) is 1.56. The predicted molar refractivity (Wildman–Crippen MR) is 81.8 cm³/mol. The fourth-order valence-corrected chi connectivity index (χ4v) is 4.77. The Morgan fingerprint density at radius 3 is 2.58 bits per heavy atom. The summed E-state index contributed by atoms with van der Waals surface area (Å²) in [5.74, 6) is 0. The average Bonchev–Trinajstić information content (AvgIpc) is 2.86. The molecule has 4 nitrogen and oxygen atoms in total.